The molecule has 29 heavy (non-hydrogen) atoms. The van der Waals surface area contributed by atoms with E-state index >= 15 is 0 Å². The summed E-state index contributed by atoms with van der Waals surface area (Å²) in [6.45, 7) is 13.5. The fourth-order valence-electron chi connectivity index (χ4n) is 3.60. The third kappa shape index (κ3) is 8.67. The molecule has 3 heterocycles. The number of rotatable bonds is 8. The van der Waals surface area contributed by atoms with Crippen molar-refractivity contribution in [1.82, 2.24) is 15.1 Å². The summed E-state index contributed by atoms with van der Waals surface area (Å²) in [5.74, 6) is 3.96. The largest absolute Gasteiger partial charge is 0.469 e. The van der Waals surface area contributed by atoms with E-state index in [2.05, 4.69) is 40.7 Å². The Bertz CT molecular complexity index is 579. The molecule has 166 valence electrons. The summed E-state index contributed by atoms with van der Waals surface area (Å²) < 4.78 is 10.9. The molecule has 1 atom stereocenters. The third-order valence-electron chi connectivity index (χ3n) is 5.37. The van der Waals surface area contributed by atoms with Crippen molar-refractivity contribution in [3.63, 3.8) is 0 Å². The van der Waals surface area contributed by atoms with Gasteiger partial charge in [-0.25, -0.2) is 0 Å². The van der Waals surface area contributed by atoms with Crippen molar-refractivity contribution in [3.05, 3.63) is 24.2 Å². The number of morpholine rings is 1. The minimum Gasteiger partial charge on any atom is -0.469 e. The lowest BCUT2D eigenvalue weighted by Gasteiger charge is -2.36. The molecule has 1 aromatic heterocycles. The summed E-state index contributed by atoms with van der Waals surface area (Å²) in [4.78, 5) is 9.92. The molecule has 1 N–H and O–H groups in total. The first-order valence-electron chi connectivity index (χ1n) is 10.7. The van der Waals surface area contributed by atoms with E-state index in [1.807, 2.05) is 12.1 Å². The first-order chi connectivity index (χ1) is 13.7. The van der Waals surface area contributed by atoms with E-state index in [-0.39, 0.29) is 24.0 Å². The number of nitrogens with zero attached hydrogens (tertiary/aromatic N) is 3. The van der Waals surface area contributed by atoms with Gasteiger partial charge in [-0.2, -0.15) is 11.8 Å². The normalized spacial score (nSPS) is 21.3. The Morgan fingerprint density at radius 3 is 2.86 bits per heavy atom. The molecular formula is C21H37IN4O2S. The smallest absolute Gasteiger partial charge is 0.194 e. The Hall–Kier alpha value is -0.450. The van der Waals surface area contributed by atoms with Gasteiger partial charge in [-0.05, 0) is 24.5 Å². The van der Waals surface area contributed by atoms with Crippen LogP contribution < -0.4 is 5.32 Å². The van der Waals surface area contributed by atoms with Crippen LogP contribution in [0.5, 0.6) is 0 Å². The predicted molar refractivity (Wildman–Crippen MR) is 133 cm³/mol. The van der Waals surface area contributed by atoms with Crippen molar-refractivity contribution in [3.8, 4) is 0 Å². The quantitative estimate of drug-likeness (QED) is 0.239. The van der Waals surface area contributed by atoms with Gasteiger partial charge >= 0.3 is 0 Å². The molecule has 0 bridgehead atoms. The number of hydrogen-bond acceptors (Lipinski definition) is 5. The van der Waals surface area contributed by atoms with Crippen molar-refractivity contribution >= 4 is 41.7 Å². The molecule has 2 fully saturated rings. The van der Waals surface area contributed by atoms with Crippen LogP contribution in [0.2, 0.25) is 0 Å². The van der Waals surface area contributed by atoms with E-state index in [9.17, 15) is 0 Å². The molecular weight excluding hydrogens is 499 g/mol. The van der Waals surface area contributed by atoms with Crippen LogP contribution in [0.3, 0.4) is 0 Å². The summed E-state index contributed by atoms with van der Waals surface area (Å²) in [6.07, 6.45) is 3.72. The first-order valence-corrected chi connectivity index (χ1v) is 11.7. The highest BCUT2D eigenvalue weighted by Gasteiger charge is 2.25. The monoisotopic (exact) mass is 536 g/mol. The van der Waals surface area contributed by atoms with E-state index in [4.69, 9.17) is 14.1 Å². The molecule has 3 rings (SSSR count). The maximum atomic E-state index is 5.46. The molecule has 1 unspecified atom stereocenters. The van der Waals surface area contributed by atoms with Crippen LogP contribution in [-0.2, 0) is 11.2 Å². The SMILES string of the molecule is CC(C)C1CN(C(=NCCCN2CCOCC2)NCCc2ccco2)CCS1.I. The van der Waals surface area contributed by atoms with Crippen LogP contribution in [0.25, 0.3) is 0 Å². The number of thioether (sulfide) groups is 1. The van der Waals surface area contributed by atoms with Gasteiger partial charge in [-0.15, -0.1) is 24.0 Å². The van der Waals surface area contributed by atoms with Gasteiger partial charge in [0.15, 0.2) is 5.96 Å². The fourth-order valence-corrected chi connectivity index (χ4v) is 4.89. The van der Waals surface area contributed by atoms with Crippen molar-refractivity contribution in [2.45, 2.75) is 31.9 Å². The summed E-state index contributed by atoms with van der Waals surface area (Å²) in [7, 11) is 0. The van der Waals surface area contributed by atoms with E-state index < -0.39 is 0 Å². The van der Waals surface area contributed by atoms with Crippen LogP contribution in [0, 0.1) is 5.92 Å². The molecule has 1 aromatic rings. The summed E-state index contributed by atoms with van der Waals surface area (Å²) >= 11 is 2.10. The van der Waals surface area contributed by atoms with Crippen molar-refractivity contribution in [2.24, 2.45) is 10.9 Å². The zero-order valence-corrected chi connectivity index (χ0v) is 21.0. The molecule has 0 aliphatic carbocycles. The average Bonchev–Trinajstić information content (AvgIpc) is 3.24. The van der Waals surface area contributed by atoms with Gasteiger partial charge in [-0.3, -0.25) is 9.89 Å². The van der Waals surface area contributed by atoms with Gasteiger partial charge in [0.25, 0.3) is 0 Å². The lowest BCUT2D eigenvalue weighted by atomic mass is 10.1. The molecule has 8 heteroatoms. The summed E-state index contributed by atoms with van der Waals surface area (Å²) in [5.41, 5.74) is 0. The van der Waals surface area contributed by atoms with Gasteiger partial charge in [-0.1, -0.05) is 13.8 Å². The third-order valence-corrected chi connectivity index (χ3v) is 6.91. The van der Waals surface area contributed by atoms with Crippen molar-refractivity contribution < 1.29 is 9.15 Å². The Morgan fingerprint density at radius 2 is 2.14 bits per heavy atom. The minimum atomic E-state index is 0. The van der Waals surface area contributed by atoms with Gasteiger partial charge in [0, 0.05) is 63.2 Å². The number of ether oxygens (including phenoxy) is 1. The molecule has 0 radical (unpaired) electrons. The Kier molecular flexibility index (Phi) is 11.8. The second-order valence-corrected chi connectivity index (χ2v) is 9.22. The van der Waals surface area contributed by atoms with Gasteiger partial charge in [0.1, 0.15) is 5.76 Å². The molecule has 0 amide bonds. The molecule has 2 aliphatic rings. The minimum absolute atomic E-state index is 0. The molecule has 0 aromatic carbocycles. The summed E-state index contributed by atoms with van der Waals surface area (Å²) in [5, 5.41) is 4.28. The second-order valence-electron chi connectivity index (χ2n) is 7.87. The van der Waals surface area contributed by atoms with Crippen LogP contribution >= 0.6 is 35.7 Å². The van der Waals surface area contributed by atoms with Crippen molar-refractivity contribution in [1.29, 1.82) is 0 Å². The number of furan rings is 1. The Morgan fingerprint density at radius 1 is 1.31 bits per heavy atom. The maximum absolute atomic E-state index is 5.46. The van der Waals surface area contributed by atoms with Gasteiger partial charge in [0.2, 0.25) is 0 Å². The zero-order chi connectivity index (χ0) is 19.6. The highest BCUT2D eigenvalue weighted by Crippen LogP contribution is 2.24. The average molecular weight is 537 g/mol. The number of guanidine groups is 1. The van der Waals surface area contributed by atoms with Crippen LogP contribution in [-0.4, -0.2) is 85.8 Å². The predicted octanol–water partition coefficient (Wildman–Crippen LogP) is 3.18. The van der Waals surface area contributed by atoms with Crippen LogP contribution in [0.4, 0.5) is 0 Å². The van der Waals surface area contributed by atoms with Crippen LogP contribution in [0.1, 0.15) is 26.0 Å². The Labute approximate surface area is 197 Å². The lowest BCUT2D eigenvalue weighted by Crippen LogP contribution is -2.49. The first kappa shape index (κ1) is 24.8. The van der Waals surface area contributed by atoms with E-state index in [0.717, 1.165) is 83.6 Å². The molecule has 0 spiro atoms. The maximum Gasteiger partial charge on any atom is 0.194 e. The second kappa shape index (κ2) is 13.8. The van der Waals surface area contributed by atoms with E-state index in [0.29, 0.717) is 11.2 Å². The van der Waals surface area contributed by atoms with E-state index in [1.54, 1.807) is 6.26 Å². The van der Waals surface area contributed by atoms with Crippen molar-refractivity contribution in [2.75, 3.05) is 64.8 Å². The van der Waals surface area contributed by atoms with E-state index in [1.165, 1.54) is 5.75 Å². The topological polar surface area (TPSA) is 53.2 Å². The molecule has 2 aliphatic heterocycles. The molecule has 0 saturated carbocycles. The molecule has 2 saturated heterocycles. The standard InChI is InChI=1S/C21H36N4O2S.HI/c1-18(2)20-17-25(12-16-28-20)21(23-8-6-19-5-3-13-27-19)22-7-4-9-24-10-14-26-15-11-24;/h3,5,13,18,20H,4,6-12,14-17H2,1-2H3,(H,22,23);1H. The zero-order valence-electron chi connectivity index (χ0n) is 17.8. The Balaban J connectivity index is 0.00000300. The highest BCUT2D eigenvalue weighted by molar-refractivity contribution is 14.0. The van der Waals surface area contributed by atoms with Gasteiger partial charge in [0.05, 0.1) is 19.5 Å². The number of halogens is 1. The number of hydrogen-bond donors (Lipinski definition) is 1. The molecule has 6 nitrogen and oxygen atoms in total. The summed E-state index contributed by atoms with van der Waals surface area (Å²) in [6, 6.07) is 3.98. The lowest BCUT2D eigenvalue weighted by molar-refractivity contribution is 0.0377. The highest BCUT2D eigenvalue weighted by atomic mass is 127. The van der Waals surface area contributed by atoms with Gasteiger partial charge < -0.3 is 19.4 Å². The number of nitrogens with one attached hydrogen (secondary N) is 1. The number of aliphatic imine (C=N–C) groups is 1. The fraction of sp³-hybridized carbons (Fsp3) is 0.762. The van der Waals surface area contributed by atoms with Crippen LogP contribution in [0.15, 0.2) is 27.8 Å².